The molecule has 0 aliphatic carbocycles. The first-order chi connectivity index (χ1) is 8.88. The first-order valence-corrected chi connectivity index (χ1v) is 7.34. The Labute approximate surface area is 137 Å². The number of rotatable bonds is 2. The normalized spacial score (nSPS) is 11.9. The standard InChI is InChI=1S/C14H9Cl5/c15-11-5-1-9(2-6-11)13(14(17,18)19)10-3-7-12(16)8-4-10/h1-8,13H/i1+1,2+1,3+1,4+1,5+1,6+1,7+1,8+1,9+1,10+1,11+1,12+1. The number of hydrogen-bond donors (Lipinski definition) is 0. The summed E-state index contributed by atoms with van der Waals surface area (Å²) >= 11 is 30.1. The quantitative estimate of drug-likeness (QED) is 0.533. The number of benzene rings is 2. The van der Waals surface area contributed by atoms with Crippen LogP contribution in [0.25, 0.3) is 0 Å². The molecule has 0 spiro atoms. The van der Waals surface area contributed by atoms with Gasteiger partial charge in [0.05, 0.1) is 5.92 Å². The Morgan fingerprint density at radius 2 is 0.947 bits per heavy atom. The molecule has 100 valence electrons. The molecule has 5 heteroatoms. The fourth-order valence-electron chi connectivity index (χ4n) is 1.88. The van der Waals surface area contributed by atoms with Crippen LogP contribution in [0.15, 0.2) is 48.5 Å². The Hall–Kier alpha value is -0.110. The van der Waals surface area contributed by atoms with Gasteiger partial charge in [0, 0.05) is 10.0 Å². The monoisotopic (exact) mass is 364 g/mol. The zero-order valence-electron chi connectivity index (χ0n) is 9.59. The van der Waals surface area contributed by atoms with Crippen molar-refractivity contribution >= 4 is 58.0 Å². The molecule has 0 unspecified atom stereocenters. The summed E-state index contributed by atoms with van der Waals surface area (Å²) in [6.45, 7) is 0. The Kier molecular flexibility index (Phi) is 4.92. The lowest BCUT2D eigenvalue weighted by molar-refractivity contribution is 0.839. The molecule has 0 aromatic heterocycles. The largest absolute Gasteiger partial charge is 0.201 e. The zero-order chi connectivity index (χ0) is 14.0. The Balaban J connectivity index is 2.47. The topological polar surface area (TPSA) is 0 Å². The molecule has 2 rings (SSSR count). The number of halogens is 5. The maximum absolute atomic E-state index is 6.11. The lowest BCUT2D eigenvalue weighted by atomic mass is 10.4. The van der Waals surface area contributed by atoms with Gasteiger partial charge in [-0.15, -0.1) is 0 Å². The van der Waals surface area contributed by atoms with E-state index in [1.54, 1.807) is 24.3 Å². The minimum atomic E-state index is -1.46. The molecule has 2 aromatic rings. The predicted octanol–water partition coefficient (Wildman–Crippen LogP) is 6.50. The van der Waals surface area contributed by atoms with Crippen molar-refractivity contribution in [2.45, 2.75) is 9.71 Å². The Bertz CT molecular complexity index is 494. The smallest absolute Gasteiger partial charge is 0.0843 e. The summed E-state index contributed by atoms with van der Waals surface area (Å²) in [5.74, 6) is -0.382. The van der Waals surface area contributed by atoms with Gasteiger partial charge in [0.25, 0.3) is 0 Å². The second-order valence-corrected chi connectivity index (χ2v) is 7.32. The molecular weight excluding hydrogens is 357 g/mol. The highest BCUT2D eigenvalue weighted by Gasteiger charge is 2.35. The van der Waals surface area contributed by atoms with Crippen molar-refractivity contribution in [1.29, 1.82) is 0 Å². The summed E-state index contributed by atoms with van der Waals surface area (Å²) < 4.78 is -1.46. The SMILES string of the molecule is Cl[13c]1[13cH][13cH][13c](C([13c]2[13cH][13cH][13c](Cl)[13cH][13cH]2)C(Cl)(Cl)Cl)[13cH][13cH]1. The maximum Gasteiger partial charge on any atom is 0.201 e. The number of hydrogen-bond acceptors (Lipinski definition) is 0. The molecule has 0 fully saturated rings. The molecule has 0 radical (unpaired) electrons. The van der Waals surface area contributed by atoms with Crippen molar-refractivity contribution in [2.75, 3.05) is 0 Å². The fourth-order valence-corrected chi connectivity index (χ4v) is 2.89. The van der Waals surface area contributed by atoms with Crippen molar-refractivity contribution in [3.63, 3.8) is 0 Å². The third-order valence-corrected chi connectivity index (χ3v) is 3.89. The van der Waals surface area contributed by atoms with Crippen LogP contribution in [0.1, 0.15) is 17.0 Å². The summed E-state index contributed by atoms with van der Waals surface area (Å²) in [6, 6.07) is 14.5. The van der Waals surface area contributed by atoms with Crippen molar-refractivity contribution in [1.82, 2.24) is 0 Å². The summed E-state index contributed by atoms with van der Waals surface area (Å²) in [6.07, 6.45) is 0. The van der Waals surface area contributed by atoms with E-state index in [4.69, 9.17) is 58.0 Å². The second kappa shape index (κ2) is 6.11. The highest BCUT2D eigenvalue weighted by molar-refractivity contribution is 6.68. The molecule has 0 saturated heterocycles. The molecule has 0 heterocycles. The van der Waals surface area contributed by atoms with Crippen LogP contribution in [0.3, 0.4) is 0 Å². The summed E-state index contributed by atoms with van der Waals surface area (Å²) in [7, 11) is 0. The zero-order valence-corrected chi connectivity index (χ0v) is 13.4. The van der Waals surface area contributed by atoms with Gasteiger partial charge in [-0.05, 0) is 35.4 Å². The van der Waals surface area contributed by atoms with E-state index < -0.39 is 3.79 Å². The first-order valence-electron chi connectivity index (χ1n) is 5.45. The molecular formula is C14H9Cl5. The van der Waals surface area contributed by atoms with Crippen molar-refractivity contribution in [3.8, 4) is 0 Å². The molecule has 0 aliphatic heterocycles. The average Bonchev–Trinajstić information content (AvgIpc) is 2.33. The van der Waals surface area contributed by atoms with Gasteiger partial charge >= 0.3 is 0 Å². The van der Waals surface area contributed by atoms with Crippen molar-refractivity contribution < 1.29 is 0 Å². The van der Waals surface area contributed by atoms with Gasteiger partial charge in [0.2, 0.25) is 3.79 Å². The lowest BCUT2D eigenvalue weighted by Gasteiger charge is -2.25. The molecule has 19 heavy (non-hydrogen) atoms. The van der Waals surface area contributed by atoms with Crippen LogP contribution >= 0.6 is 58.0 Å². The van der Waals surface area contributed by atoms with Gasteiger partial charge in [-0.25, -0.2) is 0 Å². The van der Waals surface area contributed by atoms with E-state index in [0.717, 1.165) is 11.1 Å². The molecule has 0 saturated carbocycles. The molecule has 0 amide bonds. The van der Waals surface area contributed by atoms with Gasteiger partial charge in [0.1, 0.15) is 0 Å². The van der Waals surface area contributed by atoms with Crippen molar-refractivity contribution in [2.24, 2.45) is 0 Å². The first kappa shape index (κ1) is 15.3. The molecule has 2 aromatic carbocycles. The van der Waals surface area contributed by atoms with Crippen LogP contribution < -0.4 is 0 Å². The van der Waals surface area contributed by atoms with Crippen LogP contribution in [0.4, 0.5) is 0 Å². The predicted molar refractivity (Wildman–Crippen MR) is 85.0 cm³/mol. The van der Waals surface area contributed by atoms with Crippen LogP contribution in [-0.4, -0.2) is 3.79 Å². The maximum atomic E-state index is 6.11. The van der Waals surface area contributed by atoms with Crippen LogP contribution in [0.5, 0.6) is 0 Å². The summed E-state index contributed by atoms with van der Waals surface area (Å²) in [5, 5.41) is 1.28. The van der Waals surface area contributed by atoms with E-state index in [9.17, 15) is 0 Å². The molecule has 0 aliphatic rings. The third-order valence-electron chi connectivity index (χ3n) is 2.73. The van der Waals surface area contributed by atoms with Crippen LogP contribution in [-0.2, 0) is 0 Å². The summed E-state index contributed by atoms with van der Waals surface area (Å²) in [5.41, 5.74) is 1.76. The van der Waals surface area contributed by atoms with E-state index in [-0.39, 0.29) is 5.92 Å². The minimum Gasteiger partial charge on any atom is -0.0843 e. The van der Waals surface area contributed by atoms with E-state index in [1.807, 2.05) is 24.3 Å². The van der Waals surface area contributed by atoms with Crippen LogP contribution in [0, 0.1) is 0 Å². The van der Waals surface area contributed by atoms with E-state index in [1.165, 1.54) is 0 Å². The second-order valence-electron chi connectivity index (χ2n) is 4.08. The molecule has 0 nitrogen and oxygen atoms in total. The molecule has 0 N–H and O–H groups in total. The highest BCUT2D eigenvalue weighted by atomic mass is 35.6. The van der Waals surface area contributed by atoms with Gasteiger partial charge in [-0.2, -0.15) is 0 Å². The van der Waals surface area contributed by atoms with Crippen molar-refractivity contribution in [3.05, 3.63) is 69.7 Å². The minimum absolute atomic E-state index is 0.382. The Morgan fingerprint density at radius 3 is 1.21 bits per heavy atom. The Morgan fingerprint density at radius 1 is 0.632 bits per heavy atom. The highest BCUT2D eigenvalue weighted by Crippen LogP contribution is 2.45. The molecule has 0 bridgehead atoms. The summed E-state index contributed by atoms with van der Waals surface area (Å²) in [4.78, 5) is 0. The van der Waals surface area contributed by atoms with E-state index in [2.05, 4.69) is 0 Å². The average molecular weight is 366 g/mol. The lowest BCUT2D eigenvalue weighted by Crippen LogP contribution is -2.18. The third kappa shape index (κ3) is 3.93. The van der Waals surface area contributed by atoms with Gasteiger partial charge in [0.15, 0.2) is 0 Å². The van der Waals surface area contributed by atoms with E-state index >= 15 is 0 Å². The van der Waals surface area contributed by atoms with Gasteiger partial charge in [-0.3, -0.25) is 0 Å². The van der Waals surface area contributed by atoms with Crippen LogP contribution in [0.2, 0.25) is 10.0 Å². The van der Waals surface area contributed by atoms with E-state index in [0.29, 0.717) is 10.0 Å². The molecule has 0 atom stereocenters. The fraction of sp³-hybridized carbons (Fsp3) is 0.143. The van der Waals surface area contributed by atoms with Gasteiger partial charge in [-0.1, -0.05) is 82.3 Å². The number of alkyl halides is 3. The van der Waals surface area contributed by atoms with Gasteiger partial charge < -0.3 is 0 Å².